The zero-order valence-electron chi connectivity index (χ0n) is 8.52. The fourth-order valence-corrected chi connectivity index (χ4v) is 0.644. The predicted octanol–water partition coefficient (Wildman–Crippen LogP) is 3.08. The van der Waals surface area contributed by atoms with E-state index in [9.17, 15) is 0 Å². The highest BCUT2D eigenvalue weighted by Crippen LogP contribution is 2.09. The Kier molecular flexibility index (Phi) is 10.1. The smallest absolute Gasteiger partial charge is 0.104 e. The molecule has 0 heterocycles. The maximum absolute atomic E-state index is 5.71. The van der Waals surface area contributed by atoms with E-state index in [1.165, 1.54) is 0 Å². The highest BCUT2D eigenvalue weighted by atomic mass is 35.5. The van der Waals surface area contributed by atoms with E-state index in [4.69, 9.17) is 11.6 Å². The zero-order valence-corrected chi connectivity index (χ0v) is 9.28. The van der Waals surface area contributed by atoms with Crippen molar-refractivity contribution < 1.29 is 0 Å². The molecule has 0 spiro atoms. The first kappa shape index (κ1) is 14.5. The lowest BCUT2D eigenvalue weighted by atomic mass is 10.2. The van der Waals surface area contributed by atoms with Crippen molar-refractivity contribution in [1.82, 2.24) is 5.32 Å². The summed E-state index contributed by atoms with van der Waals surface area (Å²) in [5, 5.41) is 3.35. The van der Waals surface area contributed by atoms with Crippen molar-refractivity contribution in [2.45, 2.75) is 13.8 Å². The van der Waals surface area contributed by atoms with E-state index < -0.39 is 0 Å². The summed E-state index contributed by atoms with van der Waals surface area (Å²) in [4.78, 5) is 3.80. The minimum Gasteiger partial charge on any atom is -0.379 e. The Labute approximate surface area is 85.7 Å². The molecule has 74 valence electrons. The number of rotatable bonds is 3. The van der Waals surface area contributed by atoms with Crippen LogP contribution in [-0.2, 0) is 0 Å². The van der Waals surface area contributed by atoms with Crippen LogP contribution in [0.3, 0.4) is 0 Å². The van der Waals surface area contributed by atoms with Crippen molar-refractivity contribution in [3.05, 3.63) is 35.7 Å². The van der Waals surface area contributed by atoms with Gasteiger partial charge in [-0.3, -0.25) is 4.99 Å². The number of hydrogen-bond donors (Lipinski definition) is 1. The SMILES string of the molecule is C=C.C=NC(/C=C(/Cl)NC)=C(C)C. The highest BCUT2D eigenvalue weighted by Gasteiger charge is 1.92. The largest absolute Gasteiger partial charge is 0.379 e. The van der Waals surface area contributed by atoms with Crippen LogP contribution < -0.4 is 5.32 Å². The third-order valence-corrected chi connectivity index (χ3v) is 1.48. The van der Waals surface area contributed by atoms with Crippen LogP contribution in [0.15, 0.2) is 40.7 Å². The van der Waals surface area contributed by atoms with E-state index in [1.54, 1.807) is 13.1 Å². The molecule has 0 aromatic carbocycles. The molecule has 0 rings (SSSR count). The number of hydrogen-bond acceptors (Lipinski definition) is 2. The van der Waals surface area contributed by atoms with Crippen LogP contribution in [-0.4, -0.2) is 13.8 Å². The molecule has 3 heteroatoms. The molecular weight excluding hydrogens is 184 g/mol. The molecule has 0 bridgehead atoms. The Morgan fingerprint density at radius 2 is 1.85 bits per heavy atom. The lowest BCUT2D eigenvalue weighted by Gasteiger charge is -1.98. The number of aliphatic imine (C=N–C) groups is 1. The number of allylic oxidation sites excluding steroid dienone is 2. The van der Waals surface area contributed by atoms with E-state index in [-0.39, 0.29) is 0 Å². The molecule has 0 aliphatic heterocycles. The summed E-state index contributed by atoms with van der Waals surface area (Å²) in [5.41, 5.74) is 1.90. The average molecular weight is 201 g/mol. The molecule has 0 saturated heterocycles. The van der Waals surface area contributed by atoms with Gasteiger partial charge in [0.2, 0.25) is 0 Å². The summed E-state index contributed by atoms with van der Waals surface area (Å²) in [5.74, 6) is 0. The molecule has 13 heavy (non-hydrogen) atoms. The van der Waals surface area contributed by atoms with Crippen molar-refractivity contribution in [2.24, 2.45) is 4.99 Å². The normalized spacial score (nSPS) is 9.38. The summed E-state index contributed by atoms with van der Waals surface area (Å²) in [6.07, 6.45) is 1.74. The maximum atomic E-state index is 5.71. The van der Waals surface area contributed by atoms with Crippen LogP contribution in [0.5, 0.6) is 0 Å². The zero-order chi connectivity index (χ0) is 10.9. The van der Waals surface area contributed by atoms with Gasteiger partial charge in [-0.1, -0.05) is 17.2 Å². The van der Waals surface area contributed by atoms with E-state index in [1.807, 2.05) is 13.8 Å². The molecule has 0 aromatic heterocycles. The highest BCUT2D eigenvalue weighted by molar-refractivity contribution is 6.29. The monoisotopic (exact) mass is 200 g/mol. The van der Waals surface area contributed by atoms with Crippen LogP contribution in [0.1, 0.15) is 13.8 Å². The fourth-order valence-electron chi connectivity index (χ4n) is 0.540. The van der Waals surface area contributed by atoms with Crippen LogP contribution in [0.4, 0.5) is 0 Å². The number of nitrogens with one attached hydrogen (secondary N) is 1. The minimum atomic E-state index is 0.564. The second-order valence-corrected chi connectivity index (χ2v) is 2.69. The van der Waals surface area contributed by atoms with Gasteiger partial charge in [-0.25, -0.2) is 0 Å². The van der Waals surface area contributed by atoms with Gasteiger partial charge in [-0.05, 0) is 26.6 Å². The second kappa shape index (κ2) is 9.07. The van der Waals surface area contributed by atoms with E-state index in [2.05, 4.69) is 30.2 Å². The lowest BCUT2D eigenvalue weighted by Crippen LogP contribution is -1.99. The van der Waals surface area contributed by atoms with E-state index in [0.717, 1.165) is 11.3 Å². The molecule has 0 aliphatic carbocycles. The molecule has 0 aromatic rings. The summed E-state index contributed by atoms with van der Waals surface area (Å²) in [7, 11) is 1.75. The van der Waals surface area contributed by atoms with Crippen molar-refractivity contribution in [3.8, 4) is 0 Å². The average Bonchev–Trinajstić information content (AvgIpc) is 2.16. The topological polar surface area (TPSA) is 24.4 Å². The number of nitrogens with zero attached hydrogens (tertiary/aromatic N) is 1. The van der Waals surface area contributed by atoms with Gasteiger partial charge in [0.05, 0.1) is 5.70 Å². The molecule has 2 nitrogen and oxygen atoms in total. The summed E-state index contributed by atoms with van der Waals surface area (Å²) in [6, 6.07) is 0. The van der Waals surface area contributed by atoms with E-state index >= 15 is 0 Å². The van der Waals surface area contributed by atoms with Gasteiger partial charge < -0.3 is 5.32 Å². The van der Waals surface area contributed by atoms with Crippen LogP contribution in [0, 0.1) is 0 Å². The molecule has 0 amide bonds. The third kappa shape index (κ3) is 7.34. The first-order chi connectivity index (χ1) is 6.11. The van der Waals surface area contributed by atoms with Gasteiger partial charge in [0.1, 0.15) is 5.16 Å². The minimum absolute atomic E-state index is 0.564. The quantitative estimate of drug-likeness (QED) is 0.322. The van der Waals surface area contributed by atoms with Crippen LogP contribution >= 0.6 is 11.6 Å². The van der Waals surface area contributed by atoms with Gasteiger partial charge in [0, 0.05) is 7.05 Å². The fraction of sp³-hybridized carbons (Fsp3) is 0.300. The van der Waals surface area contributed by atoms with Gasteiger partial charge in [-0.2, -0.15) is 0 Å². The molecular formula is C10H17ClN2. The molecule has 0 unspecified atom stereocenters. The predicted molar refractivity (Wildman–Crippen MR) is 62.2 cm³/mol. The Hall–Kier alpha value is -1.02. The van der Waals surface area contributed by atoms with E-state index in [0.29, 0.717) is 5.16 Å². The third-order valence-electron chi connectivity index (χ3n) is 1.18. The Balaban J connectivity index is 0. The first-order valence-electron chi connectivity index (χ1n) is 3.81. The number of halogens is 1. The van der Waals surface area contributed by atoms with Crippen molar-refractivity contribution >= 4 is 18.3 Å². The van der Waals surface area contributed by atoms with Gasteiger partial charge >= 0.3 is 0 Å². The molecule has 1 N–H and O–H groups in total. The Morgan fingerprint density at radius 3 is 2.08 bits per heavy atom. The van der Waals surface area contributed by atoms with Crippen molar-refractivity contribution in [3.63, 3.8) is 0 Å². The van der Waals surface area contributed by atoms with Crippen molar-refractivity contribution in [1.29, 1.82) is 0 Å². The molecule has 0 atom stereocenters. The standard InChI is InChI=1S/C8H13ClN2.C2H4/c1-6(2)7(10-3)5-8(9)11-4;1-2/h5,11H,3H2,1-2,4H3;1-2H2/b8-5-;. The Bertz CT molecular complexity index is 213. The maximum Gasteiger partial charge on any atom is 0.104 e. The summed E-state index contributed by atoms with van der Waals surface area (Å²) >= 11 is 5.71. The second-order valence-electron chi connectivity index (χ2n) is 2.29. The summed E-state index contributed by atoms with van der Waals surface area (Å²) < 4.78 is 0. The molecule has 0 radical (unpaired) electrons. The van der Waals surface area contributed by atoms with Crippen LogP contribution in [0.2, 0.25) is 0 Å². The molecule has 0 fully saturated rings. The van der Waals surface area contributed by atoms with Crippen molar-refractivity contribution in [2.75, 3.05) is 7.05 Å². The van der Waals surface area contributed by atoms with Gasteiger partial charge in [0.15, 0.2) is 0 Å². The molecule has 0 saturated carbocycles. The lowest BCUT2D eigenvalue weighted by molar-refractivity contribution is 1.06. The Morgan fingerprint density at radius 1 is 1.38 bits per heavy atom. The van der Waals surface area contributed by atoms with Gasteiger partial charge in [-0.15, -0.1) is 13.2 Å². The molecule has 0 aliphatic rings. The van der Waals surface area contributed by atoms with Gasteiger partial charge in [0.25, 0.3) is 0 Å². The first-order valence-corrected chi connectivity index (χ1v) is 4.18. The van der Waals surface area contributed by atoms with Crippen LogP contribution in [0.25, 0.3) is 0 Å². The summed E-state index contributed by atoms with van der Waals surface area (Å²) in [6.45, 7) is 13.3.